The van der Waals surface area contributed by atoms with Crippen molar-refractivity contribution in [2.45, 2.75) is 26.2 Å². The fraction of sp³-hybridized carbons (Fsp3) is 0.364. The number of allylic oxidation sites excluding steroid dienone is 1. The van der Waals surface area contributed by atoms with Gasteiger partial charge < -0.3 is 15.3 Å². The highest BCUT2D eigenvalue weighted by Gasteiger charge is 2.23. The molecular weight excluding hydrogens is 228 g/mol. The van der Waals surface area contributed by atoms with Crippen LogP contribution in [-0.4, -0.2) is 33.2 Å². The fourth-order valence-electron chi connectivity index (χ4n) is 0.867. The maximum atomic E-state index is 10.4. The first-order valence-corrected chi connectivity index (χ1v) is 4.80. The zero-order valence-electron chi connectivity index (χ0n) is 9.39. The number of carboxylic acid groups (broad SMARTS) is 3. The van der Waals surface area contributed by atoms with Gasteiger partial charge in [0.05, 0.1) is 6.42 Å². The van der Waals surface area contributed by atoms with Gasteiger partial charge >= 0.3 is 17.9 Å². The molecule has 1 saturated carbocycles. The van der Waals surface area contributed by atoms with Crippen molar-refractivity contribution in [1.82, 2.24) is 0 Å². The van der Waals surface area contributed by atoms with Crippen LogP contribution in [-0.2, 0) is 14.4 Å². The van der Waals surface area contributed by atoms with Crippen molar-refractivity contribution in [2.24, 2.45) is 0 Å². The van der Waals surface area contributed by atoms with Gasteiger partial charge in [-0.2, -0.15) is 0 Å². The molecule has 0 aromatic heterocycles. The van der Waals surface area contributed by atoms with Crippen molar-refractivity contribution in [1.29, 1.82) is 0 Å². The van der Waals surface area contributed by atoms with E-state index in [9.17, 15) is 14.4 Å². The normalized spacial score (nSPS) is 11.9. The Bertz CT molecular complexity index is 373. The third-order valence-electron chi connectivity index (χ3n) is 1.88. The van der Waals surface area contributed by atoms with Crippen LogP contribution < -0.4 is 0 Å². The van der Waals surface area contributed by atoms with Gasteiger partial charge in [-0.25, -0.2) is 9.59 Å². The third-order valence-corrected chi connectivity index (χ3v) is 1.88. The first kappa shape index (κ1) is 14.9. The van der Waals surface area contributed by atoms with Crippen LogP contribution in [0.3, 0.4) is 0 Å². The Hall–Kier alpha value is -2.11. The van der Waals surface area contributed by atoms with Crippen molar-refractivity contribution in [3.63, 3.8) is 0 Å². The quantitative estimate of drug-likeness (QED) is 0.640. The lowest BCUT2D eigenvalue weighted by Crippen LogP contribution is -2.06. The molecule has 94 valence electrons. The molecule has 1 fully saturated rings. The van der Waals surface area contributed by atoms with E-state index in [0.29, 0.717) is 0 Å². The molecule has 0 spiro atoms. The van der Waals surface area contributed by atoms with Gasteiger partial charge in [0.25, 0.3) is 0 Å². The van der Waals surface area contributed by atoms with E-state index in [0.717, 1.165) is 18.4 Å². The highest BCUT2D eigenvalue weighted by Crippen LogP contribution is 2.32. The second-order valence-electron chi connectivity index (χ2n) is 3.54. The predicted molar refractivity (Wildman–Crippen MR) is 58.6 cm³/mol. The molecule has 0 saturated heterocycles. The Balaban J connectivity index is 0.000000366. The van der Waals surface area contributed by atoms with E-state index in [1.807, 2.05) is 0 Å². The molecule has 0 aromatic carbocycles. The van der Waals surface area contributed by atoms with Gasteiger partial charge in [0, 0.05) is 11.1 Å². The number of hydrogen-bond acceptors (Lipinski definition) is 3. The first-order chi connectivity index (χ1) is 7.75. The molecule has 17 heavy (non-hydrogen) atoms. The number of hydrogen-bond donors (Lipinski definition) is 3. The maximum absolute atomic E-state index is 10.4. The van der Waals surface area contributed by atoms with Crippen molar-refractivity contribution < 1.29 is 29.7 Å². The largest absolute Gasteiger partial charge is 0.481 e. The molecular formula is C11H14O6. The summed E-state index contributed by atoms with van der Waals surface area (Å²) in [7, 11) is 0. The third kappa shape index (κ3) is 6.88. The zero-order chi connectivity index (χ0) is 13.6. The summed E-state index contributed by atoms with van der Waals surface area (Å²) >= 11 is 0. The summed E-state index contributed by atoms with van der Waals surface area (Å²) in [6.45, 7) is 4.60. The molecule has 0 heterocycles. The smallest absolute Gasteiger partial charge is 0.332 e. The standard InChI is InChI=1S/C7H8O4.C4H6O2/c8-6(9)3-5(7(10)11)4-1-2-4;1-3(2)4(5)6/h1-3H2,(H,8,9)(H,10,11);1H2,2H3,(H,5,6). The van der Waals surface area contributed by atoms with E-state index < -0.39 is 17.9 Å². The maximum Gasteiger partial charge on any atom is 0.332 e. The van der Waals surface area contributed by atoms with E-state index in [4.69, 9.17) is 15.3 Å². The first-order valence-electron chi connectivity index (χ1n) is 4.80. The lowest BCUT2D eigenvalue weighted by atomic mass is 10.2. The molecule has 3 N–H and O–H groups in total. The number of aliphatic carboxylic acids is 3. The Labute approximate surface area is 97.9 Å². The molecule has 0 atom stereocenters. The Kier molecular flexibility index (Phi) is 5.66. The summed E-state index contributed by atoms with van der Waals surface area (Å²) in [5.41, 5.74) is 1.02. The average molecular weight is 242 g/mol. The van der Waals surface area contributed by atoms with Gasteiger partial charge in [-0.05, 0) is 19.8 Å². The second-order valence-corrected chi connectivity index (χ2v) is 3.54. The zero-order valence-corrected chi connectivity index (χ0v) is 9.39. The van der Waals surface area contributed by atoms with E-state index in [2.05, 4.69) is 6.58 Å². The molecule has 0 aromatic rings. The summed E-state index contributed by atoms with van der Waals surface area (Å²) in [5, 5.41) is 24.7. The van der Waals surface area contributed by atoms with Gasteiger partial charge in [0.2, 0.25) is 0 Å². The minimum absolute atomic E-state index is 0.0671. The summed E-state index contributed by atoms with van der Waals surface area (Å²) in [4.78, 5) is 30.1. The Morgan fingerprint density at radius 3 is 1.71 bits per heavy atom. The molecule has 6 heteroatoms. The fourth-order valence-corrected chi connectivity index (χ4v) is 0.867. The van der Waals surface area contributed by atoms with Crippen molar-refractivity contribution in [3.8, 4) is 0 Å². The molecule has 1 aliphatic rings. The molecule has 0 bridgehead atoms. The summed E-state index contributed by atoms with van der Waals surface area (Å²) in [6.07, 6.45) is 1.13. The van der Waals surface area contributed by atoms with Crippen LogP contribution in [0.25, 0.3) is 0 Å². The SMILES string of the molecule is C=C(C)C(=O)O.O=C(O)CC(C(=O)O)=C1CC1. The molecule has 1 rings (SSSR count). The predicted octanol–water partition coefficient (Wildman–Crippen LogP) is 1.28. The Morgan fingerprint density at radius 2 is 1.53 bits per heavy atom. The van der Waals surface area contributed by atoms with Gasteiger partial charge in [-0.15, -0.1) is 0 Å². The minimum atomic E-state index is -1.10. The van der Waals surface area contributed by atoms with Crippen molar-refractivity contribution in [2.75, 3.05) is 0 Å². The minimum Gasteiger partial charge on any atom is -0.481 e. The van der Waals surface area contributed by atoms with E-state index in [1.54, 1.807) is 0 Å². The molecule has 0 unspecified atom stereocenters. The van der Waals surface area contributed by atoms with E-state index in [1.165, 1.54) is 6.92 Å². The van der Waals surface area contributed by atoms with Crippen molar-refractivity contribution in [3.05, 3.63) is 23.3 Å². The topological polar surface area (TPSA) is 112 Å². The van der Waals surface area contributed by atoms with Crippen LogP contribution in [0.2, 0.25) is 0 Å². The number of carboxylic acids is 3. The van der Waals surface area contributed by atoms with Crippen LogP contribution in [0.15, 0.2) is 23.3 Å². The average Bonchev–Trinajstić information content (AvgIpc) is 2.97. The van der Waals surface area contributed by atoms with Crippen molar-refractivity contribution >= 4 is 17.9 Å². The van der Waals surface area contributed by atoms with Gasteiger partial charge in [-0.1, -0.05) is 12.2 Å². The summed E-state index contributed by atoms with van der Waals surface area (Å²) < 4.78 is 0. The van der Waals surface area contributed by atoms with Gasteiger partial charge in [-0.3, -0.25) is 4.79 Å². The molecule has 0 amide bonds. The molecule has 6 nitrogen and oxygen atoms in total. The van der Waals surface area contributed by atoms with Crippen LogP contribution in [0.4, 0.5) is 0 Å². The number of rotatable bonds is 4. The number of carbonyl (C=O) groups is 3. The van der Waals surface area contributed by atoms with Crippen LogP contribution in [0.5, 0.6) is 0 Å². The lowest BCUT2D eigenvalue weighted by Gasteiger charge is -1.94. The molecule has 1 aliphatic carbocycles. The highest BCUT2D eigenvalue weighted by atomic mass is 16.4. The molecule has 0 radical (unpaired) electrons. The van der Waals surface area contributed by atoms with Crippen LogP contribution in [0, 0.1) is 0 Å². The monoisotopic (exact) mass is 242 g/mol. The van der Waals surface area contributed by atoms with Crippen LogP contribution in [0.1, 0.15) is 26.2 Å². The highest BCUT2D eigenvalue weighted by molar-refractivity contribution is 5.93. The lowest BCUT2D eigenvalue weighted by molar-refractivity contribution is -0.139. The molecule has 0 aliphatic heterocycles. The van der Waals surface area contributed by atoms with Gasteiger partial charge in [0.1, 0.15) is 0 Å². The van der Waals surface area contributed by atoms with Gasteiger partial charge in [0.15, 0.2) is 0 Å². The van der Waals surface area contributed by atoms with Crippen LogP contribution >= 0.6 is 0 Å². The summed E-state index contributed by atoms with van der Waals surface area (Å²) in [5.74, 6) is -3.11. The summed E-state index contributed by atoms with van der Waals surface area (Å²) in [6, 6.07) is 0. The Morgan fingerprint density at radius 1 is 1.12 bits per heavy atom. The van der Waals surface area contributed by atoms with E-state index >= 15 is 0 Å². The van der Waals surface area contributed by atoms with E-state index in [-0.39, 0.29) is 17.6 Å². The second kappa shape index (κ2) is 6.47.